The third-order valence-corrected chi connectivity index (χ3v) is 5.87. The molecule has 2 aromatic rings. The van der Waals surface area contributed by atoms with Gasteiger partial charge in [0.15, 0.2) is 5.78 Å². The van der Waals surface area contributed by atoms with Crippen molar-refractivity contribution in [3.8, 4) is 16.9 Å². The Morgan fingerprint density at radius 2 is 1.78 bits per heavy atom. The fourth-order valence-electron chi connectivity index (χ4n) is 4.46. The van der Waals surface area contributed by atoms with Crippen molar-refractivity contribution in [2.75, 3.05) is 7.11 Å². The second kappa shape index (κ2) is 6.41. The Kier molecular flexibility index (Phi) is 4.17. The van der Waals surface area contributed by atoms with Crippen LogP contribution in [0.4, 0.5) is 0 Å². The number of fused-ring (bicyclic) bond motifs is 2. The summed E-state index contributed by atoms with van der Waals surface area (Å²) in [4.78, 5) is 25.1. The molecular weight excluding hydrogens is 342 g/mol. The van der Waals surface area contributed by atoms with Crippen LogP contribution in [0, 0.1) is 0 Å². The minimum atomic E-state index is -0.687. The number of ketones is 2. The van der Waals surface area contributed by atoms with E-state index >= 15 is 0 Å². The lowest BCUT2D eigenvalue weighted by atomic mass is 9.75. The van der Waals surface area contributed by atoms with Crippen LogP contribution in [-0.4, -0.2) is 28.3 Å². The minimum absolute atomic E-state index is 0.0518. The highest BCUT2D eigenvalue weighted by Gasteiger charge is 2.47. The Hall–Kier alpha value is -2.82. The van der Waals surface area contributed by atoms with Crippen LogP contribution in [0.3, 0.4) is 0 Å². The van der Waals surface area contributed by atoms with Gasteiger partial charge in [-0.25, -0.2) is 0 Å². The molecule has 1 aromatic heterocycles. The number of Topliss-reactive ketones (excluding diaryl/α,β-unsaturated/α-hetero) is 2. The quantitative estimate of drug-likeness (QED) is 0.818. The SMILES string of the molecule is COc1ccc(-c2cc3n(c2)C2(CCCCC2)C(O)=C(C(C)=O)C3=O)cc1. The summed E-state index contributed by atoms with van der Waals surface area (Å²) in [5.41, 5.74) is 1.59. The molecule has 0 radical (unpaired) electrons. The van der Waals surface area contributed by atoms with Gasteiger partial charge < -0.3 is 14.4 Å². The molecule has 0 amide bonds. The third-order valence-electron chi connectivity index (χ3n) is 5.87. The molecule has 2 heterocycles. The number of hydrogen-bond donors (Lipinski definition) is 1. The van der Waals surface area contributed by atoms with Crippen molar-refractivity contribution in [3.63, 3.8) is 0 Å². The standard InChI is InChI=1S/C22H23NO4/c1-14(24)19-20(25)18-12-16(15-6-8-17(27-2)9-7-15)13-23(18)22(21(19)26)10-4-3-5-11-22/h6-9,12-13,26H,3-5,10-11H2,1-2H3. The summed E-state index contributed by atoms with van der Waals surface area (Å²) in [7, 11) is 1.62. The van der Waals surface area contributed by atoms with Crippen molar-refractivity contribution in [1.29, 1.82) is 0 Å². The predicted molar refractivity (Wildman–Crippen MR) is 102 cm³/mol. The van der Waals surface area contributed by atoms with Gasteiger partial charge in [-0.2, -0.15) is 0 Å². The van der Waals surface area contributed by atoms with Gasteiger partial charge in [0.05, 0.1) is 12.8 Å². The highest BCUT2D eigenvalue weighted by Crippen LogP contribution is 2.46. The number of aliphatic hydroxyl groups is 1. The van der Waals surface area contributed by atoms with Crippen molar-refractivity contribution in [3.05, 3.63) is 53.6 Å². The number of carbonyl (C=O) groups excluding carboxylic acids is 2. The number of benzene rings is 1. The lowest BCUT2D eigenvalue weighted by Gasteiger charge is -2.42. The maximum atomic E-state index is 13.0. The molecule has 140 valence electrons. The molecule has 0 saturated heterocycles. The largest absolute Gasteiger partial charge is 0.509 e. The van der Waals surface area contributed by atoms with E-state index in [1.165, 1.54) is 6.92 Å². The first-order valence-electron chi connectivity index (χ1n) is 9.34. The maximum Gasteiger partial charge on any atom is 0.216 e. The van der Waals surface area contributed by atoms with Gasteiger partial charge in [0.1, 0.15) is 22.6 Å². The number of ether oxygens (including phenoxy) is 1. The van der Waals surface area contributed by atoms with Crippen LogP contribution in [0.15, 0.2) is 47.9 Å². The molecule has 2 aliphatic rings. The Morgan fingerprint density at radius 3 is 2.37 bits per heavy atom. The van der Waals surface area contributed by atoms with E-state index in [9.17, 15) is 14.7 Å². The number of aliphatic hydroxyl groups excluding tert-OH is 1. The molecule has 5 nitrogen and oxygen atoms in total. The molecule has 0 bridgehead atoms. The van der Waals surface area contributed by atoms with Crippen LogP contribution < -0.4 is 4.74 Å². The number of rotatable bonds is 3. The molecule has 1 N–H and O–H groups in total. The fourth-order valence-corrected chi connectivity index (χ4v) is 4.46. The molecule has 27 heavy (non-hydrogen) atoms. The normalized spacial score (nSPS) is 18.5. The molecule has 1 fully saturated rings. The van der Waals surface area contributed by atoms with E-state index in [0.717, 1.165) is 49.0 Å². The Labute approximate surface area is 158 Å². The van der Waals surface area contributed by atoms with E-state index < -0.39 is 11.3 Å². The highest BCUT2D eigenvalue weighted by atomic mass is 16.5. The summed E-state index contributed by atoms with van der Waals surface area (Å²) < 4.78 is 7.12. The second-order valence-corrected chi connectivity index (χ2v) is 7.41. The van der Waals surface area contributed by atoms with Gasteiger partial charge in [0.2, 0.25) is 5.78 Å². The van der Waals surface area contributed by atoms with Crippen molar-refractivity contribution < 1.29 is 19.4 Å². The van der Waals surface area contributed by atoms with Gasteiger partial charge in [-0.3, -0.25) is 9.59 Å². The van der Waals surface area contributed by atoms with E-state index in [2.05, 4.69) is 0 Å². The van der Waals surface area contributed by atoms with Crippen LogP contribution in [0.25, 0.3) is 11.1 Å². The zero-order valence-corrected chi connectivity index (χ0v) is 15.6. The molecule has 4 rings (SSSR count). The summed E-state index contributed by atoms with van der Waals surface area (Å²) in [6.45, 7) is 1.35. The maximum absolute atomic E-state index is 13.0. The Bertz CT molecular complexity index is 943. The molecule has 0 atom stereocenters. The van der Waals surface area contributed by atoms with E-state index in [4.69, 9.17) is 4.74 Å². The van der Waals surface area contributed by atoms with Gasteiger partial charge in [-0.15, -0.1) is 0 Å². The van der Waals surface area contributed by atoms with Gasteiger partial charge in [0.25, 0.3) is 0 Å². The summed E-state index contributed by atoms with van der Waals surface area (Å²) in [6.07, 6.45) is 6.41. The van der Waals surface area contributed by atoms with Gasteiger partial charge in [-0.05, 0) is 43.5 Å². The third kappa shape index (κ3) is 2.60. The molecule has 1 aliphatic heterocycles. The zero-order valence-electron chi connectivity index (χ0n) is 15.6. The van der Waals surface area contributed by atoms with Gasteiger partial charge in [-0.1, -0.05) is 31.4 Å². The molecule has 1 saturated carbocycles. The first-order valence-corrected chi connectivity index (χ1v) is 9.34. The smallest absolute Gasteiger partial charge is 0.216 e. The minimum Gasteiger partial charge on any atom is -0.509 e. The lowest BCUT2D eigenvalue weighted by Crippen LogP contribution is -2.44. The van der Waals surface area contributed by atoms with Crippen molar-refractivity contribution >= 4 is 11.6 Å². The summed E-state index contributed by atoms with van der Waals surface area (Å²) >= 11 is 0. The molecule has 1 aromatic carbocycles. The topological polar surface area (TPSA) is 68.5 Å². The van der Waals surface area contributed by atoms with E-state index in [-0.39, 0.29) is 17.1 Å². The van der Waals surface area contributed by atoms with Crippen LogP contribution in [0.2, 0.25) is 0 Å². The summed E-state index contributed by atoms with van der Waals surface area (Å²) in [5.74, 6) is -0.0540. The molecule has 1 spiro atoms. The molecule has 0 unspecified atom stereocenters. The van der Waals surface area contributed by atoms with Crippen molar-refractivity contribution in [2.45, 2.75) is 44.6 Å². The predicted octanol–water partition coefficient (Wildman–Crippen LogP) is 4.42. The van der Waals surface area contributed by atoms with Crippen molar-refractivity contribution in [1.82, 2.24) is 4.57 Å². The van der Waals surface area contributed by atoms with E-state index in [1.54, 1.807) is 7.11 Å². The van der Waals surface area contributed by atoms with E-state index in [0.29, 0.717) is 5.69 Å². The van der Waals surface area contributed by atoms with Crippen molar-refractivity contribution in [2.24, 2.45) is 0 Å². The highest BCUT2D eigenvalue weighted by molar-refractivity contribution is 6.26. The van der Waals surface area contributed by atoms with E-state index in [1.807, 2.05) is 41.1 Å². The molecular formula is C22H23NO4. The van der Waals surface area contributed by atoms with Crippen LogP contribution in [0.1, 0.15) is 49.5 Å². The molecule has 5 heteroatoms. The lowest BCUT2D eigenvalue weighted by molar-refractivity contribution is -0.113. The summed E-state index contributed by atoms with van der Waals surface area (Å²) in [6, 6.07) is 9.46. The Morgan fingerprint density at radius 1 is 1.11 bits per heavy atom. The summed E-state index contributed by atoms with van der Waals surface area (Å²) in [5, 5.41) is 11.0. The Balaban J connectivity index is 1.88. The van der Waals surface area contributed by atoms with Crippen LogP contribution >= 0.6 is 0 Å². The number of carbonyl (C=O) groups is 2. The zero-order chi connectivity index (χ0) is 19.2. The average molecular weight is 365 g/mol. The monoisotopic (exact) mass is 365 g/mol. The fraction of sp³-hybridized carbons (Fsp3) is 0.364. The second-order valence-electron chi connectivity index (χ2n) is 7.41. The van der Waals surface area contributed by atoms with Gasteiger partial charge in [0, 0.05) is 11.8 Å². The number of nitrogens with zero attached hydrogens (tertiary/aromatic N) is 1. The van der Waals surface area contributed by atoms with Gasteiger partial charge >= 0.3 is 0 Å². The first kappa shape index (κ1) is 17.6. The number of aromatic nitrogens is 1. The first-order chi connectivity index (χ1) is 13.0. The van der Waals surface area contributed by atoms with Crippen LogP contribution in [-0.2, 0) is 10.3 Å². The van der Waals surface area contributed by atoms with Crippen LogP contribution in [0.5, 0.6) is 5.75 Å². The average Bonchev–Trinajstić information content (AvgIpc) is 3.14. The number of methoxy groups -OCH3 is 1. The number of hydrogen-bond acceptors (Lipinski definition) is 4. The molecule has 1 aliphatic carbocycles. The number of allylic oxidation sites excluding steroid dienone is 2.